The summed E-state index contributed by atoms with van der Waals surface area (Å²) in [4.78, 5) is 11.3. The van der Waals surface area contributed by atoms with Gasteiger partial charge < -0.3 is 4.57 Å². The van der Waals surface area contributed by atoms with Gasteiger partial charge in [-0.15, -0.1) is 0 Å². The Bertz CT molecular complexity index is 608. The number of hydrogen-bond acceptors (Lipinski definition) is 1. The second kappa shape index (κ2) is 4.45. The van der Waals surface area contributed by atoms with Crippen LogP contribution in [0.5, 0.6) is 0 Å². The summed E-state index contributed by atoms with van der Waals surface area (Å²) in [6, 6.07) is 7.90. The molecule has 0 aliphatic heterocycles. The molecule has 0 fully saturated rings. The number of pyridine rings is 1. The smallest absolute Gasteiger partial charge is 0.182 e. The first kappa shape index (κ1) is 12.0. The van der Waals surface area contributed by atoms with Gasteiger partial charge in [-0.3, -0.25) is 4.79 Å². The summed E-state index contributed by atoms with van der Waals surface area (Å²) in [6.45, 7) is 3.71. The van der Waals surface area contributed by atoms with E-state index < -0.39 is 0 Å². The van der Waals surface area contributed by atoms with Crippen LogP contribution < -0.4 is 5.43 Å². The van der Waals surface area contributed by atoms with Crippen LogP contribution in [0.25, 0.3) is 5.69 Å². The van der Waals surface area contributed by atoms with E-state index in [0.29, 0.717) is 4.47 Å². The number of aryl methyl sites for hydroxylation is 2. The van der Waals surface area contributed by atoms with E-state index in [4.69, 9.17) is 0 Å². The van der Waals surface area contributed by atoms with Gasteiger partial charge in [0.05, 0.1) is 4.47 Å². The van der Waals surface area contributed by atoms with Crippen molar-refractivity contribution in [3.63, 3.8) is 0 Å². The average molecular weight is 296 g/mol. The Morgan fingerprint density at radius 1 is 1.12 bits per heavy atom. The SMILES string of the molecule is Cc1cc(=O)cc(C)n1-c1ccc(F)c(Br)c1. The Morgan fingerprint density at radius 2 is 1.71 bits per heavy atom. The molecule has 0 unspecified atom stereocenters. The monoisotopic (exact) mass is 295 g/mol. The highest BCUT2D eigenvalue weighted by atomic mass is 79.9. The molecule has 0 N–H and O–H groups in total. The highest BCUT2D eigenvalue weighted by Crippen LogP contribution is 2.21. The van der Waals surface area contributed by atoms with E-state index in [-0.39, 0.29) is 11.2 Å². The van der Waals surface area contributed by atoms with E-state index in [1.165, 1.54) is 6.07 Å². The lowest BCUT2D eigenvalue weighted by molar-refractivity contribution is 0.620. The molecule has 0 radical (unpaired) electrons. The van der Waals surface area contributed by atoms with E-state index in [9.17, 15) is 9.18 Å². The van der Waals surface area contributed by atoms with Crippen molar-refractivity contribution in [2.45, 2.75) is 13.8 Å². The van der Waals surface area contributed by atoms with Crippen molar-refractivity contribution < 1.29 is 4.39 Å². The van der Waals surface area contributed by atoms with Gasteiger partial charge >= 0.3 is 0 Å². The summed E-state index contributed by atoms with van der Waals surface area (Å²) in [5.41, 5.74) is 2.47. The topological polar surface area (TPSA) is 22.0 Å². The molecule has 17 heavy (non-hydrogen) atoms. The first-order chi connectivity index (χ1) is 7.99. The molecule has 1 heterocycles. The molecule has 0 saturated carbocycles. The summed E-state index contributed by atoms with van der Waals surface area (Å²) >= 11 is 3.16. The lowest BCUT2D eigenvalue weighted by Gasteiger charge is -2.14. The minimum Gasteiger partial charge on any atom is -0.318 e. The van der Waals surface area contributed by atoms with Crippen molar-refractivity contribution in [3.8, 4) is 5.69 Å². The third kappa shape index (κ3) is 2.31. The fourth-order valence-corrected chi connectivity index (χ4v) is 2.26. The second-order valence-electron chi connectivity index (χ2n) is 3.91. The molecule has 0 aliphatic carbocycles. The first-order valence-electron chi connectivity index (χ1n) is 5.15. The number of hydrogen-bond donors (Lipinski definition) is 0. The van der Waals surface area contributed by atoms with Crippen molar-refractivity contribution in [3.05, 3.63) is 62.2 Å². The summed E-state index contributed by atoms with van der Waals surface area (Å²) in [5.74, 6) is -0.301. The van der Waals surface area contributed by atoms with Crippen LogP contribution in [0.4, 0.5) is 4.39 Å². The number of benzene rings is 1. The van der Waals surface area contributed by atoms with Crippen LogP contribution in [0.3, 0.4) is 0 Å². The van der Waals surface area contributed by atoms with Gasteiger partial charge in [-0.1, -0.05) is 0 Å². The summed E-state index contributed by atoms with van der Waals surface area (Å²) < 4.78 is 15.5. The number of rotatable bonds is 1. The Morgan fingerprint density at radius 3 is 2.24 bits per heavy atom. The molecular formula is C13H11BrFNO. The van der Waals surface area contributed by atoms with Gasteiger partial charge in [0, 0.05) is 29.2 Å². The predicted octanol–water partition coefficient (Wildman–Crippen LogP) is 3.36. The molecule has 1 aromatic carbocycles. The molecule has 88 valence electrons. The number of halogens is 2. The Kier molecular flexibility index (Phi) is 3.15. The zero-order chi connectivity index (χ0) is 12.6. The fraction of sp³-hybridized carbons (Fsp3) is 0.154. The number of nitrogens with zero attached hydrogens (tertiary/aromatic N) is 1. The van der Waals surface area contributed by atoms with Gasteiger partial charge in [-0.2, -0.15) is 0 Å². The van der Waals surface area contributed by atoms with Crippen LogP contribution in [0.1, 0.15) is 11.4 Å². The zero-order valence-corrected chi connectivity index (χ0v) is 11.1. The molecule has 4 heteroatoms. The summed E-state index contributed by atoms with van der Waals surface area (Å²) in [6.07, 6.45) is 0. The van der Waals surface area contributed by atoms with Crippen LogP contribution in [0, 0.1) is 19.7 Å². The van der Waals surface area contributed by atoms with Gasteiger partial charge in [0.1, 0.15) is 5.82 Å². The summed E-state index contributed by atoms with van der Waals surface area (Å²) in [7, 11) is 0. The van der Waals surface area contributed by atoms with Gasteiger partial charge in [0.25, 0.3) is 0 Å². The minimum absolute atomic E-state index is 0.0163. The second-order valence-corrected chi connectivity index (χ2v) is 4.76. The maximum absolute atomic E-state index is 13.2. The largest absolute Gasteiger partial charge is 0.318 e. The van der Waals surface area contributed by atoms with Crippen molar-refractivity contribution >= 4 is 15.9 Å². The van der Waals surface area contributed by atoms with Crippen molar-refractivity contribution in [2.24, 2.45) is 0 Å². The van der Waals surface area contributed by atoms with Crippen LogP contribution in [-0.2, 0) is 0 Å². The molecule has 2 aromatic rings. The van der Waals surface area contributed by atoms with Crippen LogP contribution in [0.2, 0.25) is 0 Å². The molecule has 0 saturated heterocycles. The van der Waals surface area contributed by atoms with Crippen LogP contribution in [-0.4, -0.2) is 4.57 Å². The highest BCUT2D eigenvalue weighted by Gasteiger charge is 2.06. The maximum atomic E-state index is 13.2. The van der Waals surface area contributed by atoms with Crippen molar-refractivity contribution in [1.82, 2.24) is 4.57 Å². The number of aromatic nitrogens is 1. The van der Waals surface area contributed by atoms with Crippen molar-refractivity contribution in [1.29, 1.82) is 0 Å². The molecular weight excluding hydrogens is 285 g/mol. The molecule has 1 aromatic heterocycles. The van der Waals surface area contributed by atoms with Gasteiger partial charge in [-0.05, 0) is 48.0 Å². The normalized spacial score (nSPS) is 10.6. The molecule has 0 aliphatic rings. The quantitative estimate of drug-likeness (QED) is 0.791. The van der Waals surface area contributed by atoms with Crippen LogP contribution >= 0.6 is 15.9 Å². The third-order valence-electron chi connectivity index (χ3n) is 2.57. The van der Waals surface area contributed by atoms with Gasteiger partial charge in [0.15, 0.2) is 5.43 Å². The van der Waals surface area contributed by atoms with Gasteiger partial charge in [-0.25, -0.2) is 4.39 Å². The summed E-state index contributed by atoms with van der Waals surface area (Å²) in [5, 5.41) is 0. The van der Waals surface area contributed by atoms with Gasteiger partial charge in [0.2, 0.25) is 0 Å². The third-order valence-corrected chi connectivity index (χ3v) is 3.18. The molecule has 0 bridgehead atoms. The van der Waals surface area contributed by atoms with Crippen molar-refractivity contribution in [2.75, 3.05) is 0 Å². The molecule has 2 rings (SSSR count). The maximum Gasteiger partial charge on any atom is 0.182 e. The molecule has 0 amide bonds. The molecule has 0 spiro atoms. The van der Waals surface area contributed by atoms with E-state index in [2.05, 4.69) is 15.9 Å². The lowest BCUT2D eigenvalue weighted by atomic mass is 10.2. The minimum atomic E-state index is -0.301. The standard InChI is InChI=1S/C13H11BrFNO/c1-8-5-11(17)6-9(2)16(8)10-3-4-13(15)12(14)7-10/h3-7H,1-2H3. The highest BCUT2D eigenvalue weighted by molar-refractivity contribution is 9.10. The predicted molar refractivity (Wildman–Crippen MR) is 69.2 cm³/mol. The van der Waals surface area contributed by atoms with E-state index >= 15 is 0 Å². The lowest BCUT2D eigenvalue weighted by Crippen LogP contribution is -2.11. The Labute approximate surface area is 107 Å². The fourth-order valence-electron chi connectivity index (χ4n) is 1.89. The van der Waals surface area contributed by atoms with E-state index in [0.717, 1.165) is 17.1 Å². The van der Waals surface area contributed by atoms with E-state index in [1.807, 2.05) is 18.4 Å². The zero-order valence-electron chi connectivity index (χ0n) is 9.50. The van der Waals surface area contributed by atoms with E-state index in [1.54, 1.807) is 24.3 Å². The molecule has 2 nitrogen and oxygen atoms in total. The molecule has 0 atom stereocenters. The average Bonchev–Trinajstić information content (AvgIpc) is 2.21. The Balaban J connectivity index is 2.68. The first-order valence-corrected chi connectivity index (χ1v) is 5.94. The Hall–Kier alpha value is -1.42. The van der Waals surface area contributed by atoms with Crippen LogP contribution in [0.15, 0.2) is 39.6 Å².